The summed E-state index contributed by atoms with van der Waals surface area (Å²) in [6.07, 6.45) is -0.583. The summed E-state index contributed by atoms with van der Waals surface area (Å²) in [5.74, 6) is -2.17. The molecule has 2 atom stereocenters. The number of amides is 2. The van der Waals surface area contributed by atoms with E-state index in [0.717, 1.165) is 18.4 Å². The molecule has 0 spiro atoms. The van der Waals surface area contributed by atoms with Gasteiger partial charge in [0.05, 0.1) is 16.5 Å². The Morgan fingerprint density at radius 2 is 1.78 bits per heavy atom. The number of carbonyl (C=O) groups excluding carboxylic acids is 2. The van der Waals surface area contributed by atoms with Crippen LogP contribution in [0.1, 0.15) is 59.6 Å². The molecule has 1 saturated heterocycles. The van der Waals surface area contributed by atoms with E-state index in [4.69, 9.17) is 0 Å². The summed E-state index contributed by atoms with van der Waals surface area (Å²) in [5.41, 5.74) is -0.997. The van der Waals surface area contributed by atoms with Crippen molar-refractivity contribution in [2.75, 3.05) is 12.8 Å². The first-order valence-corrected chi connectivity index (χ1v) is 13.5. The van der Waals surface area contributed by atoms with Crippen LogP contribution in [0.4, 0.5) is 17.6 Å². The van der Waals surface area contributed by atoms with Gasteiger partial charge in [-0.15, -0.1) is 0 Å². The normalized spacial score (nSPS) is 19.6. The minimum Gasteiger partial charge on any atom is -0.347 e. The van der Waals surface area contributed by atoms with Gasteiger partial charge in [-0.25, -0.2) is 12.8 Å². The van der Waals surface area contributed by atoms with Gasteiger partial charge in [-0.3, -0.25) is 9.59 Å². The molecule has 1 aliphatic carbocycles. The number of piperidine rings is 1. The third-order valence-electron chi connectivity index (χ3n) is 6.63. The lowest BCUT2D eigenvalue weighted by molar-refractivity contribution is -0.137. The summed E-state index contributed by atoms with van der Waals surface area (Å²) in [6, 6.07) is 6.19. The van der Waals surface area contributed by atoms with Crippen molar-refractivity contribution in [1.82, 2.24) is 10.2 Å². The van der Waals surface area contributed by atoms with Crippen LogP contribution >= 0.6 is 0 Å². The van der Waals surface area contributed by atoms with Gasteiger partial charge >= 0.3 is 6.18 Å². The maximum atomic E-state index is 14.7. The highest BCUT2D eigenvalue weighted by atomic mass is 32.2. The fourth-order valence-corrected chi connectivity index (χ4v) is 5.22. The third kappa shape index (κ3) is 5.71. The number of likely N-dealkylation sites (tertiary alicyclic amines) is 1. The van der Waals surface area contributed by atoms with Crippen molar-refractivity contribution in [3.8, 4) is 0 Å². The van der Waals surface area contributed by atoms with E-state index >= 15 is 0 Å². The summed E-state index contributed by atoms with van der Waals surface area (Å²) >= 11 is 0. The monoisotopic (exact) mass is 526 g/mol. The van der Waals surface area contributed by atoms with Crippen molar-refractivity contribution in [3.05, 3.63) is 65.0 Å². The Labute approximate surface area is 206 Å². The minimum absolute atomic E-state index is 0.0158. The molecule has 1 aliphatic heterocycles. The van der Waals surface area contributed by atoms with Crippen LogP contribution in [0.5, 0.6) is 0 Å². The molecule has 2 aromatic rings. The Hall–Kier alpha value is -2.95. The molecule has 1 heterocycles. The van der Waals surface area contributed by atoms with Crippen molar-refractivity contribution in [2.45, 2.75) is 55.3 Å². The molecule has 1 N–H and O–H groups in total. The number of carbonyl (C=O) groups is 2. The van der Waals surface area contributed by atoms with E-state index in [1.54, 1.807) is 0 Å². The Kier molecular flexibility index (Phi) is 7.14. The summed E-state index contributed by atoms with van der Waals surface area (Å²) in [5, 5.41) is 2.79. The minimum atomic E-state index is -4.69. The van der Waals surface area contributed by atoms with Crippen LogP contribution in [0.2, 0.25) is 0 Å². The van der Waals surface area contributed by atoms with E-state index in [-0.39, 0.29) is 28.5 Å². The summed E-state index contributed by atoms with van der Waals surface area (Å²) in [7, 11) is -3.54. The number of nitrogens with zero attached hydrogens (tertiary/aromatic N) is 1. The average molecular weight is 527 g/mol. The van der Waals surface area contributed by atoms with E-state index in [2.05, 4.69) is 5.32 Å². The molecule has 0 unspecified atom stereocenters. The SMILES string of the molecule is CS(=O)(=O)c1cccc(C(=O)N2CCCC[C@@H]2C(=O)N[C@@H](c2ccc(C(F)(F)F)cc2F)C2CC2)c1. The van der Waals surface area contributed by atoms with E-state index in [1.165, 1.54) is 29.2 Å². The number of sulfone groups is 1. The number of nitrogens with one attached hydrogen (secondary N) is 1. The van der Waals surface area contributed by atoms with Crippen LogP contribution in [0.25, 0.3) is 0 Å². The Balaban J connectivity index is 1.56. The average Bonchev–Trinajstić information content (AvgIpc) is 3.66. The molecule has 0 radical (unpaired) electrons. The maximum absolute atomic E-state index is 14.7. The molecule has 0 bridgehead atoms. The van der Waals surface area contributed by atoms with Gasteiger partial charge < -0.3 is 10.2 Å². The number of alkyl halides is 3. The smallest absolute Gasteiger partial charge is 0.347 e. The summed E-state index contributed by atoms with van der Waals surface area (Å²) < 4.78 is 77.4. The van der Waals surface area contributed by atoms with E-state index in [1.807, 2.05) is 0 Å². The molecule has 2 aliphatic rings. The molecular formula is C25H26F4N2O4S. The molecule has 6 nitrogen and oxygen atoms in total. The second-order valence-corrected chi connectivity index (χ2v) is 11.4. The first-order valence-electron chi connectivity index (χ1n) is 11.6. The molecular weight excluding hydrogens is 500 g/mol. The number of rotatable bonds is 6. The predicted molar refractivity (Wildman–Crippen MR) is 123 cm³/mol. The first-order chi connectivity index (χ1) is 16.9. The summed E-state index contributed by atoms with van der Waals surface area (Å²) in [4.78, 5) is 28.0. The third-order valence-corrected chi connectivity index (χ3v) is 7.74. The molecule has 36 heavy (non-hydrogen) atoms. The van der Waals surface area contributed by atoms with Crippen LogP contribution in [-0.2, 0) is 20.8 Å². The number of benzene rings is 2. The number of hydrogen-bond acceptors (Lipinski definition) is 4. The lowest BCUT2D eigenvalue weighted by atomic mass is 9.96. The predicted octanol–water partition coefficient (Wildman–Crippen LogP) is 4.51. The van der Waals surface area contributed by atoms with Crippen molar-refractivity contribution in [2.24, 2.45) is 5.92 Å². The number of halogens is 4. The van der Waals surface area contributed by atoms with Gasteiger partial charge in [0.2, 0.25) is 5.91 Å². The van der Waals surface area contributed by atoms with Gasteiger partial charge in [-0.1, -0.05) is 12.1 Å². The lowest BCUT2D eigenvalue weighted by Crippen LogP contribution is -2.52. The molecule has 1 saturated carbocycles. The quantitative estimate of drug-likeness (QED) is 0.562. The van der Waals surface area contributed by atoms with Crippen molar-refractivity contribution in [1.29, 1.82) is 0 Å². The highest BCUT2D eigenvalue weighted by Crippen LogP contribution is 2.43. The van der Waals surface area contributed by atoms with E-state index in [0.29, 0.717) is 38.2 Å². The van der Waals surface area contributed by atoms with Crippen LogP contribution in [0, 0.1) is 11.7 Å². The van der Waals surface area contributed by atoms with E-state index in [9.17, 15) is 35.6 Å². The maximum Gasteiger partial charge on any atom is 0.416 e. The zero-order valence-corrected chi connectivity index (χ0v) is 20.3. The van der Waals surface area contributed by atoms with Crippen molar-refractivity contribution >= 4 is 21.7 Å². The van der Waals surface area contributed by atoms with Crippen LogP contribution in [0.3, 0.4) is 0 Å². The van der Waals surface area contributed by atoms with Crippen molar-refractivity contribution in [3.63, 3.8) is 0 Å². The fraction of sp³-hybridized carbons (Fsp3) is 0.440. The number of hydrogen-bond donors (Lipinski definition) is 1. The van der Waals surface area contributed by atoms with E-state index < -0.39 is 51.3 Å². The zero-order valence-electron chi connectivity index (χ0n) is 19.5. The Bertz CT molecular complexity index is 1280. The Morgan fingerprint density at radius 3 is 2.39 bits per heavy atom. The van der Waals surface area contributed by atoms with Gasteiger partial charge in [0.1, 0.15) is 11.9 Å². The molecule has 2 aromatic carbocycles. The van der Waals surface area contributed by atoms with Gasteiger partial charge in [0.25, 0.3) is 5.91 Å². The highest BCUT2D eigenvalue weighted by Gasteiger charge is 2.40. The topological polar surface area (TPSA) is 83.6 Å². The Morgan fingerprint density at radius 1 is 1.06 bits per heavy atom. The second-order valence-electron chi connectivity index (χ2n) is 9.37. The fourth-order valence-electron chi connectivity index (χ4n) is 4.56. The standard InChI is InChI=1S/C25H26F4N2O4S/c1-36(34,35)18-6-4-5-16(13-18)24(33)31-12-3-2-7-21(31)23(32)30-22(15-8-9-15)19-11-10-17(14-20(19)26)25(27,28)29/h4-6,10-11,13-15,21-22H,2-3,7-9,12H2,1H3,(H,30,32)/t21-,22-/m1/s1. The molecule has 11 heteroatoms. The molecule has 2 fully saturated rings. The summed E-state index contributed by atoms with van der Waals surface area (Å²) in [6.45, 7) is 0.281. The highest BCUT2D eigenvalue weighted by molar-refractivity contribution is 7.90. The van der Waals surface area contributed by atoms with Gasteiger partial charge in [-0.2, -0.15) is 13.2 Å². The van der Waals surface area contributed by atoms with Gasteiger partial charge in [0.15, 0.2) is 9.84 Å². The molecule has 194 valence electrons. The van der Waals surface area contributed by atoms with Gasteiger partial charge in [0, 0.05) is 23.9 Å². The van der Waals surface area contributed by atoms with Crippen LogP contribution < -0.4 is 5.32 Å². The van der Waals surface area contributed by atoms with Crippen molar-refractivity contribution < 1.29 is 35.6 Å². The van der Waals surface area contributed by atoms with Crippen LogP contribution in [-0.4, -0.2) is 44.0 Å². The lowest BCUT2D eigenvalue weighted by Gasteiger charge is -2.36. The first kappa shape index (κ1) is 26.1. The molecule has 4 rings (SSSR count). The zero-order chi connectivity index (χ0) is 26.3. The van der Waals surface area contributed by atoms with Crippen LogP contribution in [0.15, 0.2) is 47.4 Å². The largest absolute Gasteiger partial charge is 0.416 e. The molecule has 2 amide bonds. The van der Waals surface area contributed by atoms with Gasteiger partial charge in [-0.05, 0) is 68.4 Å². The second kappa shape index (κ2) is 9.84. The molecule has 0 aromatic heterocycles.